The molecule has 1 aliphatic carbocycles. The van der Waals surface area contributed by atoms with Crippen LogP contribution in [-0.2, 0) is 6.54 Å². The fourth-order valence-electron chi connectivity index (χ4n) is 2.19. The summed E-state index contributed by atoms with van der Waals surface area (Å²) in [7, 11) is 0. The van der Waals surface area contributed by atoms with Crippen LogP contribution in [0.4, 0.5) is 4.39 Å². The van der Waals surface area contributed by atoms with E-state index < -0.39 is 0 Å². The van der Waals surface area contributed by atoms with Crippen molar-refractivity contribution in [2.24, 2.45) is 5.92 Å². The normalized spacial score (nSPS) is 15.1. The van der Waals surface area contributed by atoms with E-state index >= 15 is 0 Å². The number of rotatable bonds is 3. The van der Waals surface area contributed by atoms with E-state index in [1.165, 1.54) is 23.4 Å². The van der Waals surface area contributed by atoms with Crippen LogP contribution < -0.4 is 5.56 Å². The second-order valence-corrected chi connectivity index (χ2v) is 5.88. The van der Waals surface area contributed by atoms with Crippen LogP contribution in [0.25, 0.3) is 11.4 Å². The molecule has 1 saturated carbocycles. The highest BCUT2D eigenvalue weighted by Crippen LogP contribution is 2.27. The molecule has 1 aromatic heterocycles. The molecule has 1 fully saturated rings. The van der Waals surface area contributed by atoms with Gasteiger partial charge in [-0.25, -0.2) is 14.1 Å². The van der Waals surface area contributed by atoms with Crippen LogP contribution in [0.3, 0.4) is 0 Å². The van der Waals surface area contributed by atoms with Crippen LogP contribution in [0.2, 0.25) is 0 Å². The Kier molecular flexibility index (Phi) is 3.65. The van der Waals surface area contributed by atoms with Crippen molar-refractivity contribution in [3.63, 3.8) is 0 Å². The Morgan fingerprint density at radius 3 is 2.85 bits per heavy atom. The number of hydrogen-bond donors (Lipinski definition) is 0. The van der Waals surface area contributed by atoms with Crippen LogP contribution in [-0.4, -0.2) is 14.8 Å². The van der Waals surface area contributed by atoms with Crippen molar-refractivity contribution < 1.29 is 4.39 Å². The predicted molar refractivity (Wildman–Crippen MR) is 76.7 cm³/mol. The summed E-state index contributed by atoms with van der Waals surface area (Å²) in [5.74, 6) is 0.636. The molecule has 0 spiro atoms. The zero-order valence-electron chi connectivity index (χ0n) is 10.7. The van der Waals surface area contributed by atoms with Gasteiger partial charge in [0.15, 0.2) is 5.82 Å². The molecule has 6 heteroatoms. The lowest BCUT2D eigenvalue weighted by molar-refractivity contribution is 0.261. The minimum Gasteiger partial charge on any atom is -0.266 e. The standard InChI is InChI=1S/C14H13BrFN3O/c15-11-6-10(4-5-12(11)16)14-17-7-13(20)19(18-14)8-9-2-1-3-9/h4-7,9H,1-3,8H2. The molecular weight excluding hydrogens is 325 g/mol. The van der Waals surface area contributed by atoms with Gasteiger partial charge in [-0.15, -0.1) is 5.10 Å². The van der Waals surface area contributed by atoms with Gasteiger partial charge in [-0.1, -0.05) is 6.42 Å². The van der Waals surface area contributed by atoms with Crippen LogP contribution in [0.5, 0.6) is 0 Å². The topological polar surface area (TPSA) is 47.8 Å². The lowest BCUT2D eigenvalue weighted by Crippen LogP contribution is -2.29. The highest BCUT2D eigenvalue weighted by Gasteiger charge is 2.19. The van der Waals surface area contributed by atoms with Gasteiger partial charge in [-0.2, -0.15) is 0 Å². The third-order valence-electron chi connectivity index (χ3n) is 3.60. The van der Waals surface area contributed by atoms with Crippen LogP contribution in [0.15, 0.2) is 33.7 Å². The van der Waals surface area contributed by atoms with Gasteiger partial charge < -0.3 is 0 Å². The fraction of sp³-hybridized carbons (Fsp3) is 0.357. The number of aromatic nitrogens is 3. The zero-order valence-corrected chi connectivity index (χ0v) is 12.3. The van der Waals surface area contributed by atoms with Gasteiger partial charge in [0.2, 0.25) is 0 Å². The maximum atomic E-state index is 13.2. The maximum absolute atomic E-state index is 13.2. The van der Waals surface area contributed by atoms with Gasteiger partial charge in [0.1, 0.15) is 5.82 Å². The molecule has 1 aliphatic rings. The third-order valence-corrected chi connectivity index (χ3v) is 4.21. The van der Waals surface area contributed by atoms with Crippen molar-refractivity contribution in [1.29, 1.82) is 0 Å². The highest BCUT2D eigenvalue weighted by atomic mass is 79.9. The first-order chi connectivity index (χ1) is 9.63. The van der Waals surface area contributed by atoms with Gasteiger partial charge in [-0.05, 0) is 52.9 Å². The van der Waals surface area contributed by atoms with Gasteiger partial charge in [0, 0.05) is 12.1 Å². The van der Waals surface area contributed by atoms with Crippen LogP contribution in [0.1, 0.15) is 19.3 Å². The first-order valence-corrected chi connectivity index (χ1v) is 7.32. The molecule has 0 aliphatic heterocycles. The first kappa shape index (κ1) is 13.4. The van der Waals surface area contributed by atoms with Gasteiger partial charge in [0.25, 0.3) is 5.56 Å². The molecule has 1 heterocycles. The minimum absolute atomic E-state index is 0.193. The lowest BCUT2D eigenvalue weighted by atomic mass is 9.85. The van der Waals surface area contributed by atoms with E-state index in [0.717, 1.165) is 12.8 Å². The second-order valence-electron chi connectivity index (χ2n) is 5.03. The van der Waals surface area contributed by atoms with E-state index in [2.05, 4.69) is 26.0 Å². The van der Waals surface area contributed by atoms with E-state index in [-0.39, 0.29) is 11.4 Å². The van der Waals surface area contributed by atoms with Crippen molar-refractivity contribution in [1.82, 2.24) is 14.8 Å². The monoisotopic (exact) mass is 337 g/mol. The molecule has 0 unspecified atom stereocenters. The highest BCUT2D eigenvalue weighted by molar-refractivity contribution is 9.10. The Morgan fingerprint density at radius 1 is 1.40 bits per heavy atom. The SMILES string of the molecule is O=c1cnc(-c2ccc(F)c(Br)c2)nn1CC1CCC1. The van der Waals surface area contributed by atoms with E-state index in [9.17, 15) is 9.18 Å². The first-order valence-electron chi connectivity index (χ1n) is 6.53. The molecule has 0 N–H and O–H groups in total. The summed E-state index contributed by atoms with van der Waals surface area (Å²) in [5.41, 5.74) is 0.488. The summed E-state index contributed by atoms with van der Waals surface area (Å²) >= 11 is 3.14. The lowest BCUT2D eigenvalue weighted by Gasteiger charge is -2.25. The van der Waals surface area contributed by atoms with E-state index in [4.69, 9.17) is 0 Å². The molecule has 2 aromatic rings. The molecule has 0 bridgehead atoms. The molecule has 0 amide bonds. The Morgan fingerprint density at radius 2 is 2.20 bits per heavy atom. The number of nitrogens with zero attached hydrogens (tertiary/aromatic N) is 3. The van der Waals surface area contributed by atoms with Crippen LogP contribution >= 0.6 is 15.9 Å². The summed E-state index contributed by atoms with van der Waals surface area (Å²) in [6.45, 7) is 0.636. The molecule has 104 valence electrons. The summed E-state index contributed by atoms with van der Waals surface area (Å²) in [6, 6.07) is 4.57. The molecule has 1 aromatic carbocycles. The number of halogens is 2. The van der Waals surface area contributed by atoms with Crippen molar-refractivity contribution in [2.45, 2.75) is 25.8 Å². The molecule has 0 atom stereocenters. The van der Waals surface area contributed by atoms with Crippen LogP contribution in [0, 0.1) is 11.7 Å². The summed E-state index contributed by atoms with van der Waals surface area (Å²) < 4.78 is 15.1. The average Bonchev–Trinajstić information content (AvgIpc) is 2.39. The van der Waals surface area contributed by atoms with Gasteiger partial charge >= 0.3 is 0 Å². The molecule has 0 saturated heterocycles. The van der Waals surface area contributed by atoms with Crippen molar-refractivity contribution in [2.75, 3.05) is 0 Å². The minimum atomic E-state index is -0.337. The largest absolute Gasteiger partial charge is 0.285 e. The molecule has 0 radical (unpaired) electrons. The second kappa shape index (κ2) is 5.44. The van der Waals surface area contributed by atoms with Crippen molar-refractivity contribution in [3.8, 4) is 11.4 Å². The molecule has 3 rings (SSSR count). The van der Waals surface area contributed by atoms with Crippen molar-refractivity contribution >= 4 is 15.9 Å². The summed E-state index contributed by atoms with van der Waals surface area (Å²) in [6.07, 6.45) is 4.79. The Labute approximate surface area is 123 Å². The maximum Gasteiger partial charge on any atom is 0.285 e. The average molecular weight is 338 g/mol. The quantitative estimate of drug-likeness (QED) is 0.864. The van der Waals surface area contributed by atoms with Gasteiger partial charge in [-0.3, -0.25) is 4.79 Å². The molecule has 20 heavy (non-hydrogen) atoms. The Hall–Kier alpha value is -1.56. The van der Waals surface area contributed by atoms with Gasteiger partial charge in [0.05, 0.1) is 10.7 Å². The Bertz CT molecular complexity index is 697. The number of hydrogen-bond acceptors (Lipinski definition) is 3. The molecular formula is C14H13BrFN3O. The summed E-state index contributed by atoms with van der Waals surface area (Å²) in [5, 5.41) is 4.28. The van der Waals surface area contributed by atoms with E-state index in [0.29, 0.717) is 28.3 Å². The predicted octanol–water partition coefficient (Wildman–Crippen LogP) is 3.01. The fourth-order valence-corrected chi connectivity index (χ4v) is 2.57. The Balaban J connectivity index is 1.94. The zero-order chi connectivity index (χ0) is 14.1. The third kappa shape index (κ3) is 2.65. The smallest absolute Gasteiger partial charge is 0.266 e. The van der Waals surface area contributed by atoms with E-state index in [1.807, 2.05) is 0 Å². The summed E-state index contributed by atoms with van der Waals surface area (Å²) in [4.78, 5) is 15.8. The number of benzene rings is 1. The van der Waals surface area contributed by atoms with E-state index in [1.54, 1.807) is 12.1 Å². The van der Waals surface area contributed by atoms with Crippen molar-refractivity contribution in [3.05, 3.63) is 45.0 Å². The molecule has 4 nitrogen and oxygen atoms in total.